The van der Waals surface area contributed by atoms with Gasteiger partial charge in [0.2, 0.25) is 35.4 Å². The summed E-state index contributed by atoms with van der Waals surface area (Å²) in [6, 6.07) is 0. The zero-order valence-corrected chi connectivity index (χ0v) is 79.5. The van der Waals surface area contributed by atoms with E-state index >= 15 is 0 Å². The molecule has 126 heavy (non-hydrogen) atoms. The lowest BCUT2D eigenvalue weighted by molar-refractivity contribution is -0.207. The Hall–Kier alpha value is -4.32. The molecule has 3 heterocycles. The third-order valence-electron chi connectivity index (χ3n) is 42.2. The number of carbonyl (C=O) groups excluding carboxylic acids is 6. The summed E-state index contributed by atoms with van der Waals surface area (Å²) in [5, 5.41) is 115. The number of nitrogens with zero attached hydrogens (tertiary/aromatic N) is 3. The maximum atomic E-state index is 14.7. The molecule has 21 nitrogen and oxygen atoms in total. The Morgan fingerprint density at radius 2 is 0.571 bits per heavy atom. The van der Waals surface area contributed by atoms with Gasteiger partial charge in [-0.05, 0) is 384 Å². The van der Waals surface area contributed by atoms with Crippen molar-refractivity contribution in [2.24, 2.45) is 157 Å². The molecule has 708 valence electrons. The average Bonchev–Trinajstić information content (AvgIpc) is 1.45. The molecule has 12 aliphatic carbocycles. The molecule has 33 atom stereocenters. The summed E-state index contributed by atoms with van der Waals surface area (Å²) < 4.78 is 0. The molecule has 16 rings (SSSR count). The first-order valence-electron chi connectivity index (χ1n) is 51.9. The number of rotatable bonds is 24. The van der Waals surface area contributed by atoms with E-state index in [1.54, 1.807) is 0 Å². The molecule has 0 unspecified atom stereocenters. The zero-order chi connectivity index (χ0) is 89.9. The number of fused-ring (bicyclic) bond motifs is 15. The van der Waals surface area contributed by atoms with Crippen molar-refractivity contribution in [1.29, 1.82) is 0 Å². The van der Waals surface area contributed by atoms with Crippen LogP contribution < -0.4 is 16.0 Å². The van der Waals surface area contributed by atoms with Crippen molar-refractivity contribution < 1.29 is 74.7 Å². The van der Waals surface area contributed by atoms with E-state index in [0.717, 1.165) is 149 Å². The molecule has 15 fully saturated rings. The molecular weight excluding hydrogens is 1590 g/mol. The van der Waals surface area contributed by atoms with Crippen LogP contribution in [-0.4, -0.2) is 190 Å². The average molecular weight is 1750 g/mol. The molecule has 3 saturated heterocycles. The quantitative estimate of drug-likeness (QED) is 0.0458. The predicted molar refractivity (Wildman–Crippen MR) is 485 cm³/mol. The Bertz CT molecular complexity index is 3640. The third kappa shape index (κ3) is 16.8. The van der Waals surface area contributed by atoms with Crippen LogP contribution in [0.5, 0.6) is 0 Å². The van der Waals surface area contributed by atoms with Gasteiger partial charge < -0.3 is 76.6 Å². The highest BCUT2D eigenvalue weighted by atomic mass is 16.3. The maximum Gasteiger partial charge on any atom is 0.223 e. The van der Waals surface area contributed by atoms with Crippen molar-refractivity contribution in [2.45, 2.75) is 389 Å². The number of likely N-dealkylation sites (tertiary alicyclic amines) is 3. The van der Waals surface area contributed by atoms with Gasteiger partial charge in [-0.15, -0.1) is 0 Å². The molecule has 0 aromatic heterocycles. The van der Waals surface area contributed by atoms with Crippen molar-refractivity contribution in [3.63, 3.8) is 0 Å². The van der Waals surface area contributed by atoms with Crippen molar-refractivity contribution in [3.8, 4) is 0 Å². The predicted octanol–water partition coefficient (Wildman–Crippen LogP) is 13.1. The lowest BCUT2D eigenvalue weighted by Gasteiger charge is -2.63. The molecule has 21 heteroatoms. The van der Waals surface area contributed by atoms with Crippen molar-refractivity contribution in [2.75, 3.05) is 39.3 Å². The highest BCUT2D eigenvalue weighted by Crippen LogP contribution is 2.73. The number of hydrogen-bond acceptors (Lipinski definition) is 15. The van der Waals surface area contributed by atoms with E-state index in [1.807, 2.05) is 14.7 Å². The van der Waals surface area contributed by atoms with Crippen LogP contribution in [0.4, 0.5) is 0 Å². The van der Waals surface area contributed by atoms with Crippen LogP contribution >= 0.6 is 0 Å². The van der Waals surface area contributed by atoms with Crippen LogP contribution in [0.2, 0.25) is 0 Å². The molecule has 12 N–H and O–H groups in total. The molecule has 15 aliphatic rings. The number of piperidine rings is 3. The third-order valence-corrected chi connectivity index (χ3v) is 42.2. The number of amides is 6. The first-order valence-corrected chi connectivity index (χ1v) is 51.9. The molecule has 6 amide bonds. The lowest BCUT2D eigenvalue weighted by Crippen LogP contribution is -2.62. The van der Waals surface area contributed by atoms with E-state index < -0.39 is 36.6 Å². The highest BCUT2D eigenvalue weighted by Gasteiger charge is 2.70. The number of nitrogens with one attached hydrogen (secondary N) is 3. The fourth-order valence-corrected chi connectivity index (χ4v) is 34.7. The fraction of sp³-hybridized carbons (Fsp3) is 0.886. The summed E-state index contributed by atoms with van der Waals surface area (Å²) in [7, 11) is 0. The summed E-state index contributed by atoms with van der Waals surface area (Å²) in [5.41, 5.74) is 5.17. The van der Waals surface area contributed by atoms with Gasteiger partial charge in [-0.3, -0.25) is 28.8 Å². The number of aliphatic hydroxyl groups is 9. The standard InChI is InChI=1S/C105H168N6O15/c1-13-70-73(55-106-97(124)61-31-40-109(41-32-61)91(121)25-16-58(4)76-19-22-79-94-82(52-88(118)103(76,79)10)100(7)37-28-67(112)46-64(100)49-85(94)115)71(14-2)75(57-108-99(126)63-35-44-111(45-36-63)93(123)27-18-60(6)78-21-24-81-96-84(54-90(120)105(78,81)12)102(9)39-30-69(114)48-66(102)51-87(96)117)72(15-3)74(70)56-107-98(125)62-33-42-110(43-34-62)92(122)26-17-59(5)77-20-23-80-95-83(53-89(119)104(77,80)11)101(8)38-29-68(113)47-65(101)50-86(95)116/h58-69,76-90,94-96,112-120H,13-57H2,1-12H3,(H,106,124)(H,107,125)(H,108,126)/t58-,59-,60-,64+,65+,66+,67-,68-,69-,76-,77-,78-,79+,80+,81+,82+,83+,84+,85-,86-,87-,88+,89+,90+,94+,95+,96+,100+,101+,102+,103-,104-,105-/m1/s1. The largest absolute Gasteiger partial charge is 0.393 e. The van der Waals surface area contributed by atoms with Gasteiger partial charge in [0.05, 0.1) is 54.9 Å². The SMILES string of the molecule is CCc1c(CNC(=O)C2CCN(C(=O)CC[C@@H](C)[C@H]3CC[C@H]4[C@@H]5[C@H](O)C[C@@H]6C[C@H](O)CC[C@]6(C)[C@H]5C[C@H](O)[C@]34C)CC2)c(CC)c(CNC(=O)C2CCN(C(=O)CC[C@@H](C)[C@H]3CC[C@H]4[C@@H]5[C@H](O)C[C@@H]6C[C@H](O)CC[C@]6(C)[C@H]5C[C@H](O)[C@]34C)CC2)c(CC)c1CNC(=O)C1CCN(C(=O)CC[C@@H](C)[C@H]2CC[C@H]3[C@@H]4[C@H](O)C[C@@H]5C[C@H](O)CC[C@]5(C)[C@H]4C[C@H](O)[C@]23C)CC1. The highest BCUT2D eigenvalue weighted by molar-refractivity contribution is 5.82. The molecule has 0 bridgehead atoms. The molecule has 12 saturated carbocycles. The molecule has 1 aromatic rings. The number of hydrogen-bond donors (Lipinski definition) is 12. The maximum absolute atomic E-state index is 14.7. The smallest absolute Gasteiger partial charge is 0.223 e. The Balaban J connectivity index is 0.542. The summed E-state index contributed by atoms with van der Waals surface area (Å²) in [5.74, 6) is 2.99. The van der Waals surface area contributed by atoms with E-state index in [9.17, 15) is 74.7 Å². The second-order valence-corrected chi connectivity index (χ2v) is 47.2. The van der Waals surface area contributed by atoms with E-state index in [0.29, 0.717) is 155 Å². The van der Waals surface area contributed by atoms with Crippen molar-refractivity contribution in [1.82, 2.24) is 30.7 Å². The topological polar surface area (TPSA) is 330 Å². The second kappa shape index (κ2) is 37.5. The summed E-state index contributed by atoms with van der Waals surface area (Å²) in [4.78, 5) is 92.7. The number of carbonyl (C=O) groups is 6. The monoisotopic (exact) mass is 1750 g/mol. The van der Waals surface area contributed by atoms with Crippen LogP contribution in [0.3, 0.4) is 0 Å². The van der Waals surface area contributed by atoms with Gasteiger partial charge in [0, 0.05) is 95.9 Å². The van der Waals surface area contributed by atoms with Crippen LogP contribution in [0.25, 0.3) is 0 Å². The lowest BCUT2D eigenvalue weighted by atomic mass is 9.43. The van der Waals surface area contributed by atoms with E-state index in [2.05, 4.69) is 99.0 Å². The zero-order valence-electron chi connectivity index (χ0n) is 79.5. The van der Waals surface area contributed by atoms with Crippen molar-refractivity contribution in [3.05, 3.63) is 33.4 Å². The van der Waals surface area contributed by atoms with E-state index in [-0.39, 0.29) is 230 Å². The van der Waals surface area contributed by atoms with Gasteiger partial charge in [-0.2, -0.15) is 0 Å². The Kier molecular flexibility index (Phi) is 28.2. The van der Waals surface area contributed by atoms with Crippen LogP contribution in [-0.2, 0) is 67.7 Å². The molecule has 3 aliphatic heterocycles. The normalized spacial score (nSPS) is 43.1. The minimum Gasteiger partial charge on any atom is -0.393 e. The molecule has 0 radical (unpaired) electrons. The Labute approximate surface area is 755 Å². The summed E-state index contributed by atoms with van der Waals surface area (Å²) in [6.07, 6.45) is 22.1. The van der Waals surface area contributed by atoms with Crippen LogP contribution in [0, 0.1) is 157 Å². The molecular formula is C105H168N6O15. The van der Waals surface area contributed by atoms with Crippen LogP contribution in [0.1, 0.15) is 328 Å². The van der Waals surface area contributed by atoms with Crippen molar-refractivity contribution >= 4 is 35.4 Å². The van der Waals surface area contributed by atoms with Gasteiger partial charge in [0.25, 0.3) is 0 Å². The summed E-state index contributed by atoms with van der Waals surface area (Å²) in [6.45, 7) is 30.8. The van der Waals surface area contributed by atoms with Gasteiger partial charge in [0.15, 0.2) is 0 Å². The number of benzene rings is 1. The molecule has 0 spiro atoms. The van der Waals surface area contributed by atoms with E-state index in [1.165, 1.54) is 0 Å². The minimum atomic E-state index is -0.491. The van der Waals surface area contributed by atoms with Crippen LogP contribution in [0.15, 0.2) is 0 Å². The second-order valence-electron chi connectivity index (χ2n) is 47.2. The Morgan fingerprint density at radius 3 is 0.810 bits per heavy atom. The minimum absolute atomic E-state index is 0.00141. The van der Waals surface area contributed by atoms with Gasteiger partial charge >= 0.3 is 0 Å². The molecule has 1 aromatic carbocycles. The first kappa shape index (κ1) is 94.9. The van der Waals surface area contributed by atoms with Gasteiger partial charge in [0.1, 0.15) is 0 Å². The first-order chi connectivity index (χ1) is 59.9. The Morgan fingerprint density at radius 1 is 0.325 bits per heavy atom. The fourth-order valence-electron chi connectivity index (χ4n) is 34.7. The van der Waals surface area contributed by atoms with E-state index in [4.69, 9.17) is 0 Å². The number of aliphatic hydroxyl groups excluding tert-OH is 9. The van der Waals surface area contributed by atoms with Gasteiger partial charge in [-0.25, -0.2) is 0 Å². The van der Waals surface area contributed by atoms with Gasteiger partial charge in [-0.1, -0.05) is 83.1 Å². The summed E-state index contributed by atoms with van der Waals surface area (Å²) >= 11 is 0.